The lowest BCUT2D eigenvalue weighted by Gasteiger charge is -2.40. The van der Waals surface area contributed by atoms with Gasteiger partial charge in [-0.05, 0) is 116 Å². The minimum absolute atomic E-state index is 0.197. The number of hydrogen-bond donors (Lipinski definition) is 6. The average molecular weight is 1280 g/mol. The van der Waals surface area contributed by atoms with E-state index in [0.717, 1.165) is 116 Å². The predicted molar refractivity (Wildman–Crippen MR) is 396 cm³/mol. The lowest BCUT2D eigenvalue weighted by molar-refractivity contribution is -0.302. The molecule has 1 amide bonds. The Morgan fingerprint density at radius 2 is 0.685 bits per heavy atom. The number of aliphatic hydroxyl groups is 5. The number of amides is 1. The van der Waals surface area contributed by atoms with E-state index < -0.39 is 49.5 Å². The maximum Gasteiger partial charge on any atom is 0.220 e. The van der Waals surface area contributed by atoms with Crippen LogP contribution in [-0.2, 0) is 14.3 Å². The van der Waals surface area contributed by atoms with E-state index in [1.54, 1.807) is 6.08 Å². The monoisotopic (exact) mass is 1280 g/mol. The maximum absolute atomic E-state index is 13.2. The Morgan fingerprint density at radius 1 is 0.380 bits per heavy atom. The fraction of sp³-hybridized carbons (Fsp3) is 0.699. The molecule has 0 aromatic carbocycles. The van der Waals surface area contributed by atoms with Crippen LogP contribution in [0.2, 0.25) is 0 Å². The molecule has 7 unspecified atom stereocenters. The molecule has 6 N–H and O–H groups in total. The standard InChI is InChI=1S/C83H141NO8/c1-3-5-7-9-11-13-15-17-19-21-23-25-27-29-31-33-35-36-37-38-39-40-41-42-43-45-47-49-51-53-55-57-59-61-63-65-67-69-71-73-79(87)84-76(75-91-83-82(90)81(89)80(88)78(74-85)92-83)77(86)72-70-68-66-64-62-60-58-56-54-52-50-48-46-44-34-32-30-28-26-24-22-20-18-16-14-12-10-8-6-4-2/h5,7,11,13,17,19,23,25,29,31,35-36,38-39,41-42,45,47,54,56,62,64,70,72,76-78,80-83,85-86,88-90H,3-4,6,8-10,12,14-16,18,20-22,24,26-28,30,32-34,37,40,43-44,46,48-53,55,57-61,63,65-69,71,73-75H2,1-2H3,(H,84,87)/b7-5-,13-11-,19-17-,25-23-,31-29-,36-35-,39-38-,42-41-,47-45-,56-54+,64-62+,72-70+. The molecule has 9 nitrogen and oxygen atoms in total. The molecule has 1 aliphatic rings. The van der Waals surface area contributed by atoms with Crippen LogP contribution in [0.25, 0.3) is 0 Å². The smallest absolute Gasteiger partial charge is 0.220 e. The van der Waals surface area contributed by atoms with Gasteiger partial charge in [0.2, 0.25) is 5.91 Å². The third-order valence-electron chi connectivity index (χ3n) is 17.1. The Balaban J connectivity index is 2.16. The summed E-state index contributed by atoms with van der Waals surface area (Å²) >= 11 is 0. The molecule has 1 fully saturated rings. The number of rotatable bonds is 65. The van der Waals surface area contributed by atoms with Gasteiger partial charge in [0, 0.05) is 6.42 Å². The largest absolute Gasteiger partial charge is 0.394 e. The molecule has 92 heavy (non-hydrogen) atoms. The summed E-state index contributed by atoms with van der Waals surface area (Å²) in [7, 11) is 0. The first-order valence-electron chi connectivity index (χ1n) is 38.1. The van der Waals surface area contributed by atoms with Gasteiger partial charge in [0.25, 0.3) is 0 Å². The van der Waals surface area contributed by atoms with Crippen LogP contribution in [0.4, 0.5) is 0 Å². The van der Waals surface area contributed by atoms with Crippen LogP contribution in [0, 0.1) is 0 Å². The summed E-state index contributed by atoms with van der Waals surface area (Å²) in [5, 5.41) is 54.8. The first kappa shape index (κ1) is 86.1. The normalized spacial score (nSPS) is 18.5. The van der Waals surface area contributed by atoms with Crippen LogP contribution in [0.3, 0.4) is 0 Å². The Bertz CT molecular complexity index is 1970. The molecule has 526 valence electrons. The predicted octanol–water partition coefficient (Wildman–Crippen LogP) is 21.7. The highest BCUT2D eigenvalue weighted by Gasteiger charge is 2.44. The number of hydrogen-bond acceptors (Lipinski definition) is 8. The van der Waals surface area contributed by atoms with Gasteiger partial charge in [0.1, 0.15) is 24.4 Å². The first-order chi connectivity index (χ1) is 45.3. The van der Waals surface area contributed by atoms with Gasteiger partial charge in [-0.25, -0.2) is 0 Å². The summed E-state index contributed by atoms with van der Waals surface area (Å²) in [5.74, 6) is -0.197. The van der Waals surface area contributed by atoms with Gasteiger partial charge < -0.3 is 40.3 Å². The first-order valence-corrected chi connectivity index (χ1v) is 38.1. The molecule has 1 saturated heterocycles. The van der Waals surface area contributed by atoms with Gasteiger partial charge in [0.15, 0.2) is 6.29 Å². The van der Waals surface area contributed by atoms with Crippen molar-refractivity contribution in [3.8, 4) is 0 Å². The second-order valence-electron chi connectivity index (χ2n) is 25.7. The van der Waals surface area contributed by atoms with Crippen molar-refractivity contribution in [2.45, 2.75) is 358 Å². The molecular formula is C83H141NO8. The quantitative estimate of drug-likeness (QED) is 0.0261. The molecule has 0 spiro atoms. The van der Waals surface area contributed by atoms with E-state index in [2.05, 4.69) is 153 Å². The third kappa shape index (κ3) is 57.5. The van der Waals surface area contributed by atoms with Gasteiger partial charge in [-0.15, -0.1) is 0 Å². The Hall–Kier alpha value is -3.93. The van der Waals surface area contributed by atoms with Crippen LogP contribution >= 0.6 is 0 Å². The zero-order chi connectivity index (χ0) is 66.4. The summed E-state index contributed by atoms with van der Waals surface area (Å²) in [6, 6.07) is -0.842. The number of carbonyl (C=O) groups is 1. The van der Waals surface area contributed by atoms with E-state index in [9.17, 15) is 30.3 Å². The number of allylic oxidation sites excluding steroid dienone is 23. The molecule has 9 heteroatoms. The minimum atomic E-state index is -1.58. The fourth-order valence-corrected chi connectivity index (χ4v) is 11.2. The van der Waals surface area contributed by atoms with Gasteiger partial charge in [-0.2, -0.15) is 0 Å². The van der Waals surface area contributed by atoms with Crippen LogP contribution in [0.15, 0.2) is 146 Å². The molecule has 1 heterocycles. The molecule has 0 aliphatic carbocycles. The van der Waals surface area contributed by atoms with Gasteiger partial charge >= 0.3 is 0 Å². The number of carbonyl (C=O) groups excluding carboxylic acids is 1. The number of unbranched alkanes of at least 4 members (excludes halogenated alkanes) is 33. The van der Waals surface area contributed by atoms with Gasteiger partial charge in [0.05, 0.1) is 25.4 Å². The van der Waals surface area contributed by atoms with Crippen molar-refractivity contribution >= 4 is 5.91 Å². The summed E-state index contributed by atoms with van der Waals surface area (Å²) in [4.78, 5) is 13.2. The summed E-state index contributed by atoms with van der Waals surface area (Å²) in [5.41, 5.74) is 0. The highest BCUT2D eigenvalue weighted by Crippen LogP contribution is 2.23. The fourth-order valence-electron chi connectivity index (χ4n) is 11.2. The minimum Gasteiger partial charge on any atom is -0.394 e. The Morgan fingerprint density at radius 3 is 1.04 bits per heavy atom. The van der Waals surface area contributed by atoms with E-state index in [0.29, 0.717) is 6.42 Å². The lowest BCUT2D eigenvalue weighted by Crippen LogP contribution is -2.60. The Kier molecular flexibility index (Phi) is 65.4. The zero-order valence-corrected chi connectivity index (χ0v) is 59.0. The van der Waals surface area contributed by atoms with E-state index >= 15 is 0 Å². The molecule has 0 bridgehead atoms. The molecule has 7 atom stereocenters. The zero-order valence-electron chi connectivity index (χ0n) is 59.0. The highest BCUT2D eigenvalue weighted by atomic mass is 16.7. The van der Waals surface area contributed by atoms with Crippen LogP contribution in [-0.4, -0.2) is 87.5 Å². The van der Waals surface area contributed by atoms with Crippen molar-refractivity contribution in [1.29, 1.82) is 0 Å². The molecule has 1 aliphatic heterocycles. The Labute approximate surface area is 565 Å². The van der Waals surface area contributed by atoms with Crippen LogP contribution in [0.1, 0.15) is 316 Å². The van der Waals surface area contributed by atoms with Gasteiger partial charge in [-0.1, -0.05) is 339 Å². The second-order valence-corrected chi connectivity index (χ2v) is 25.7. The van der Waals surface area contributed by atoms with E-state index in [1.807, 2.05) is 6.08 Å². The van der Waals surface area contributed by atoms with E-state index in [4.69, 9.17) is 9.47 Å². The topological polar surface area (TPSA) is 149 Å². The van der Waals surface area contributed by atoms with Crippen LogP contribution in [0.5, 0.6) is 0 Å². The van der Waals surface area contributed by atoms with Crippen molar-refractivity contribution in [2.24, 2.45) is 0 Å². The number of nitrogens with one attached hydrogen (secondary N) is 1. The highest BCUT2D eigenvalue weighted by molar-refractivity contribution is 5.76. The van der Waals surface area contributed by atoms with Crippen molar-refractivity contribution in [3.63, 3.8) is 0 Å². The molecule has 1 rings (SSSR count). The SMILES string of the molecule is CC/C=C\C/C=C\C/C=C\C/C=C\C/C=C\C/C=C\C/C=C\C/C=C\C/C=C\CCCCCCCCCCCCCC(=O)NC(COC1OC(CO)C(O)C(O)C1O)C(O)/C=C/CC/C=C/CC/C=C/CCCCCCCCCCCCCCCCCCCCCC. The molecule has 0 aromatic rings. The molecular weight excluding hydrogens is 1140 g/mol. The number of aliphatic hydroxyl groups excluding tert-OH is 5. The van der Waals surface area contributed by atoms with Crippen molar-refractivity contribution in [2.75, 3.05) is 13.2 Å². The van der Waals surface area contributed by atoms with Crippen molar-refractivity contribution < 1.29 is 39.8 Å². The average Bonchev–Trinajstić information content (AvgIpc) is 1.45. The van der Waals surface area contributed by atoms with Crippen molar-refractivity contribution in [3.05, 3.63) is 146 Å². The molecule has 0 saturated carbocycles. The maximum atomic E-state index is 13.2. The third-order valence-corrected chi connectivity index (χ3v) is 17.1. The number of ether oxygens (including phenoxy) is 2. The lowest BCUT2D eigenvalue weighted by atomic mass is 9.99. The van der Waals surface area contributed by atoms with E-state index in [-0.39, 0.29) is 12.5 Å². The van der Waals surface area contributed by atoms with Crippen LogP contribution < -0.4 is 5.32 Å². The second kappa shape index (κ2) is 69.9. The summed E-state index contributed by atoms with van der Waals surface area (Å²) in [6.07, 6.45) is 101. The van der Waals surface area contributed by atoms with Crippen molar-refractivity contribution in [1.82, 2.24) is 5.32 Å². The van der Waals surface area contributed by atoms with E-state index in [1.165, 1.54) is 180 Å². The molecule has 0 aromatic heterocycles. The van der Waals surface area contributed by atoms with Gasteiger partial charge in [-0.3, -0.25) is 4.79 Å². The molecule has 0 radical (unpaired) electrons. The summed E-state index contributed by atoms with van der Waals surface area (Å²) in [6.45, 7) is 3.67. The summed E-state index contributed by atoms with van der Waals surface area (Å²) < 4.78 is 11.3.